The van der Waals surface area contributed by atoms with E-state index in [0.29, 0.717) is 10.8 Å². The molecule has 1 N–H and O–H groups in total. The molecule has 0 saturated carbocycles. The number of hydrogen-bond donors (Lipinski definition) is 1. The molecule has 6 heteroatoms. The molecule has 0 saturated heterocycles. The van der Waals surface area contributed by atoms with Crippen molar-refractivity contribution in [3.63, 3.8) is 0 Å². The van der Waals surface area contributed by atoms with Gasteiger partial charge in [-0.15, -0.1) is 0 Å². The van der Waals surface area contributed by atoms with Crippen LogP contribution in [0.1, 0.15) is 30.3 Å². The second kappa shape index (κ2) is 8.43. The molecule has 26 heavy (non-hydrogen) atoms. The lowest BCUT2D eigenvalue weighted by Gasteiger charge is -2.10. The van der Waals surface area contributed by atoms with Gasteiger partial charge >= 0.3 is 5.97 Å². The number of carbonyl (C=O) groups excluding carboxylic acids is 1. The molecule has 0 spiro atoms. The molecule has 0 aliphatic carbocycles. The Bertz CT molecular complexity index is 931. The van der Waals surface area contributed by atoms with Crippen molar-refractivity contribution in [2.45, 2.75) is 29.6 Å². The molecule has 1 aromatic heterocycles. The molecule has 0 atom stereocenters. The highest BCUT2D eigenvalue weighted by Gasteiger charge is 2.20. The van der Waals surface area contributed by atoms with Gasteiger partial charge in [-0.25, -0.2) is 9.78 Å². The fourth-order valence-corrected chi connectivity index (χ4v) is 3.57. The highest BCUT2D eigenvalue weighted by atomic mass is 35.5. The van der Waals surface area contributed by atoms with E-state index >= 15 is 0 Å². The summed E-state index contributed by atoms with van der Waals surface area (Å²) in [6.45, 7) is 2.29. The number of hydrogen-bond acceptors (Lipinski definition) is 5. The zero-order valence-electron chi connectivity index (χ0n) is 14.2. The zero-order chi connectivity index (χ0) is 18.5. The van der Waals surface area contributed by atoms with Crippen LogP contribution in [-0.2, 0) is 4.74 Å². The number of rotatable bonds is 6. The predicted octanol–water partition coefficient (Wildman–Crippen LogP) is 5.70. The number of carbonyl (C=O) groups is 1. The summed E-state index contributed by atoms with van der Waals surface area (Å²) in [5.74, 6) is -0.873. The van der Waals surface area contributed by atoms with Crippen molar-refractivity contribution in [2.24, 2.45) is 0 Å². The molecule has 0 radical (unpaired) electrons. The molecule has 1 heterocycles. The van der Waals surface area contributed by atoms with Gasteiger partial charge in [0.15, 0.2) is 11.4 Å². The largest absolute Gasteiger partial charge is 0.505 e. The van der Waals surface area contributed by atoms with Crippen LogP contribution in [-0.4, -0.2) is 22.7 Å². The van der Waals surface area contributed by atoms with E-state index in [2.05, 4.69) is 4.98 Å². The van der Waals surface area contributed by atoms with Crippen LogP contribution in [0.25, 0.3) is 10.8 Å². The first-order valence-electron chi connectivity index (χ1n) is 8.32. The Morgan fingerprint density at radius 1 is 1.15 bits per heavy atom. The number of benzene rings is 2. The van der Waals surface area contributed by atoms with Crippen LogP contribution in [0.15, 0.2) is 58.3 Å². The highest BCUT2D eigenvalue weighted by Crippen LogP contribution is 2.37. The average molecular weight is 388 g/mol. The van der Waals surface area contributed by atoms with Gasteiger partial charge in [-0.2, -0.15) is 0 Å². The van der Waals surface area contributed by atoms with E-state index in [1.165, 1.54) is 0 Å². The van der Waals surface area contributed by atoms with Crippen LogP contribution in [0.5, 0.6) is 5.75 Å². The highest BCUT2D eigenvalue weighted by molar-refractivity contribution is 7.99. The maximum Gasteiger partial charge on any atom is 0.360 e. The second-order valence-corrected chi connectivity index (χ2v) is 7.22. The van der Waals surface area contributed by atoms with Gasteiger partial charge in [0.25, 0.3) is 0 Å². The van der Waals surface area contributed by atoms with Crippen molar-refractivity contribution in [1.82, 2.24) is 4.98 Å². The van der Waals surface area contributed by atoms with Crippen LogP contribution in [0.2, 0.25) is 5.15 Å². The SMILES string of the molecule is CCCCOC(=O)c1nc(Cl)c2ccc(Sc3ccccc3)cc2c1O. The molecule has 0 aliphatic rings. The Hall–Kier alpha value is -2.24. The van der Waals surface area contributed by atoms with Crippen LogP contribution >= 0.6 is 23.4 Å². The Morgan fingerprint density at radius 2 is 1.92 bits per heavy atom. The zero-order valence-corrected chi connectivity index (χ0v) is 15.8. The van der Waals surface area contributed by atoms with Crippen LogP contribution in [0.4, 0.5) is 0 Å². The Kier molecular flexibility index (Phi) is 6.01. The lowest BCUT2D eigenvalue weighted by Crippen LogP contribution is -2.09. The third-order valence-corrected chi connectivity index (χ3v) is 5.09. The Balaban J connectivity index is 1.96. The first kappa shape index (κ1) is 18.5. The van der Waals surface area contributed by atoms with Gasteiger partial charge in [-0.3, -0.25) is 0 Å². The maximum absolute atomic E-state index is 12.2. The van der Waals surface area contributed by atoms with Crippen LogP contribution in [0, 0.1) is 0 Å². The molecule has 4 nitrogen and oxygen atoms in total. The number of esters is 1. The minimum absolute atomic E-state index is 0.152. The van der Waals surface area contributed by atoms with Crippen LogP contribution < -0.4 is 0 Å². The van der Waals surface area contributed by atoms with Gasteiger partial charge in [-0.1, -0.05) is 61.0 Å². The van der Waals surface area contributed by atoms with Gasteiger partial charge in [0.05, 0.1) is 6.61 Å². The minimum atomic E-state index is -0.666. The normalized spacial score (nSPS) is 10.8. The van der Waals surface area contributed by atoms with E-state index in [9.17, 15) is 9.90 Å². The number of halogens is 1. The summed E-state index contributed by atoms with van der Waals surface area (Å²) in [5.41, 5.74) is -0.152. The summed E-state index contributed by atoms with van der Waals surface area (Å²) < 4.78 is 5.15. The molecule has 0 unspecified atom stereocenters. The smallest absolute Gasteiger partial charge is 0.360 e. The fourth-order valence-electron chi connectivity index (χ4n) is 2.45. The van der Waals surface area contributed by atoms with Gasteiger partial charge in [-0.05, 0) is 30.7 Å². The van der Waals surface area contributed by atoms with Gasteiger partial charge in [0.1, 0.15) is 5.15 Å². The Morgan fingerprint density at radius 3 is 2.65 bits per heavy atom. The third kappa shape index (κ3) is 4.11. The number of pyridine rings is 1. The summed E-state index contributed by atoms with van der Waals surface area (Å²) in [6.07, 6.45) is 1.66. The third-order valence-electron chi connectivity index (χ3n) is 3.81. The monoisotopic (exact) mass is 387 g/mol. The summed E-state index contributed by atoms with van der Waals surface area (Å²) in [4.78, 5) is 18.2. The van der Waals surface area contributed by atoms with E-state index in [-0.39, 0.29) is 23.2 Å². The van der Waals surface area contributed by atoms with Crippen molar-refractivity contribution in [3.8, 4) is 5.75 Å². The topological polar surface area (TPSA) is 59.4 Å². The van der Waals surface area contributed by atoms with Gasteiger partial charge in [0.2, 0.25) is 0 Å². The predicted molar refractivity (Wildman–Crippen MR) is 104 cm³/mol. The molecular weight excluding hydrogens is 370 g/mol. The van der Waals surface area contributed by atoms with Crippen molar-refractivity contribution in [3.05, 3.63) is 59.4 Å². The lowest BCUT2D eigenvalue weighted by atomic mass is 10.1. The number of ether oxygens (including phenoxy) is 1. The molecule has 3 aromatic rings. The number of aromatic hydroxyl groups is 1. The van der Waals surface area contributed by atoms with E-state index in [1.54, 1.807) is 23.9 Å². The molecule has 0 bridgehead atoms. The van der Waals surface area contributed by atoms with E-state index < -0.39 is 5.97 Å². The summed E-state index contributed by atoms with van der Waals surface area (Å²) in [7, 11) is 0. The summed E-state index contributed by atoms with van der Waals surface area (Å²) in [5, 5.41) is 11.8. The molecule has 134 valence electrons. The quantitative estimate of drug-likeness (QED) is 0.334. The number of fused-ring (bicyclic) bond motifs is 1. The fraction of sp³-hybridized carbons (Fsp3) is 0.200. The average Bonchev–Trinajstić information content (AvgIpc) is 2.65. The maximum atomic E-state index is 12.2. The van der Waals surface area contributed by atoms with E-state index in [1.807, 2.05) is 43.3 Å². The summed E-state index contributed by atoms with van der Waals surface area (Å²) in [6, 6.07) is 15.4. The molecule has 0 aliphatic heterocycles. The van der Waals surface area contributed by atoms with Crippen molar-refractivity contribution < 1.29 is 14.6 Å². The van der Waals surface area contributed by atoms with Gasteiger partial charge in [0, 0.05) is 20.6 Å². The van der Waals surface area contributed by atoms with Crippen molar-refractivity contribution >= 4 is 40.1 Å². The van der Waals surface area contributed by atoms with Crippen molar-refractivity contribution in [2.75, 3.05) is 6.61 Å². The molecular formula is C20H18ClNO3S. The van der Waals surface area contributed by atoms with E-state index in [4.69, 9.17) is 16.3 Å². The molecule has 0 amide bonds. The first-order chi connectivity index (χ1) is 12.6. The molecule has 2 aromatic carbocycles. The van der Waals surface area contributed by atoms with Crippen molar-refractivity contribution in [1.29, 1.82) is 0 Å². The minimum Gasteiger partial charge on any atom is -0.505 e. The molecule has 0 fully saturated rings. The first-order valence-corrected chi connectivity index (χ1v) is 9.52. The van der Waals surface area contributed by atoms with Crippen LogP contribution in [0.3, 0.4) is 0 Å². The Labute approximate surface area is 161 Å². The standard InChI is InChI=1S/C20H18ClNO3S/c1-2-3-11-25-20(24)17-18(23)16-12-14(9-10-15(16)19(21)22-17)26-13-7-5-4-6-8-13/h4-10,12,23H,2-3,11H2,1H3. The van der Waals surface area contributed by atoms with E-state index in [0.717, 1.165) is 22.6 Å². The second-order valence-electron chi connectivity index (χ2n) is 5.71. The summed E-state index contributed by atoms with van der Waals surface area (Å²) >= 11 is 7.77. The van der Waals surface area contributed by atoms with Gasteiger partial charge < -0.3 is 9.84 Å². The number of nitrogens with zero attached hydrogens (tertiary/aromatic N) is 1. The number of aromatic nitrogens is 1. The number of unbranched alkanes of at least 4 members (excludes halogenated alkanes) is 1. The molecule has 3 rings (SSSR count). The lowest BCUT2D eigenvalue weighted by molar-refractivity contribution is 0.0489.